The molecule has 1 aliphatic rings. The lowest BCUT2D eigenvalue weighted by molar-refractivity contribution is 0.516. The maximum Gasteiger partial charge on any atom is 0.293 e. The van der Waals surface area contributed by atoms with E-state index in [2.05, 4.69) is 20.3 Å². The van der Waals surface area contributed by atoms with Crippen LogP contribution >= 0.6 is 0 Å². The van der Waals surface area contributed by atoms with Crippen molar-refractivity contribution in [3.05, 3.63) is 40.6 Å². The molecule has 0 bridgehead atoms. The summed E-state index contributed by atoms with van der Waals surface area (Å²) >= 11 is 0. The van der Waals surface area contributed by atoms with Crippen LogP contribution in [0.2, 0.25) is 0 Å². The number of halogens is 1. The summed E-state index contributed by atoms with van der Waals surface area (Å²) in [5.74, 6) is 0.261. The second-order valence-electron chi connectivity index (χ2n) is 5.93. The van der Waals surface area contributed by atoms with Gasteiger partial charge in [0.05, 0.1) is 5.69 Å². The number of hydrogen-bond donors (Lipinski definition) is 1. The average molecular weight is 332 g/mol. The lowest BCUT2D eigenvalue weighted by atomic mass is 10.1. The minimum Gasteiger partial charge on any atom is -0.363 e. The zero-order valence-electron chi connectivity index (χ0n) is 13.9. The summed E-state index contributed by atoms with van der Waals surface area (Å²) in [6, 6.07) is -0.000400. The highest BCUT2D eigenvalue weighted by molar-refractivity contribution is 5.42. The molecule has 24 heavy (non-hydrogen) atoms. The van der Waals surface area contributed by atoms with Crippen LogP contribution in [-0.4, -0.2) is 38.7 Å². The molecule has 128 valence electrons. The van der Waals surface area contributed by atoms with Gasteiger partial charge in [0.2, 0.25) is 0 Å². The summed E-state index contributed by atoms with van der Waals surface area (Å²) in [4.78, 5) is 26.3. The van der Waals surface area contributed by atoms with Gasteiger partial charge in [0.25, 0.3) is 5.56 Å². The first-order valence-electron chi connectivity index (χ1n) is 8.12. The lowest BCUT2D eigenvalue weighted by Gasteiger charge is -2.33. The van der Waals surface area contributed by atoms with Crippen LogP contribution in [0.1, 0.15) is 25.5 Å². The third-order valence-corrected chi connectivity index (χ3v) is 4.26. The van der Waals surface area contributed by atoms with Gasteiger partial charge in [-0.3, -0.25) is 4.79 Å². The lowest BCUT2D eigenvalue weighted by Crippen LogP contribution is -2.45. The molecule has 3 rings (SSSR count). The molecule has 0 radical (unpaired) electrons. The molecule has 1 atom stereocenters. The molecule has 0 spiro atoms. The number of piperidine rings is 1. The molecule has 3 heterocycles. The van der Waals surface area contributed by atoms with Crippen LogP contribution in [0.15, 0.2) is 23.5 Å². The first-order valence-corrected chi connectivity index (χ1v) is 8.12. The van der Waals surface area contributed by atoms with Crippen molar-refractivity contribution < 1.29 is 4.39 Å². The monoisotopic (exact) mass is 332 g/mol. The highest BCUT2D eigenvalue weighted by Gasteiger charge is 2.24. The summed E-state index contributed by atoms with van der Waals surface area (Å²) in [6.45, 7) is 3.20. The first-order chi connectivity index (χ1) is 11.6. The first kappa shape index (κ1) is 16.4. The van der Waals surface area contributed by atoms with Crippen molar-refractivity contribution in [1.82, 2.24) is 19.5 Å². The molecule has 7 nitrogen and oxygen atoms in total. The molecule has 1 unspecified atom stereocenters. The van der Waals surface area contributed by atoms with Gasteiger partial charge >= 0.3 is 0 Å². The van der Waals surface area contributed by atoms with Crippen molar-refractivity contribution in [2.75, 3.05) is 23.3 Å². The molecule has 0 saturated carbocycles. The van der Waals surface area contributed by atoms with E-state index in [0.29, 0.717) is 24.5 Å². The number of nitrogens with zero attached hydrogens (tertiary/aromatic N) is 5. The van der Waals surface area contributed by atoms with Crippen LogP contribution in [0.3, 0.4) is 0 Å². The predicted molar refractivity (Wildman–Crippen MR) is 89.7 cm³/mol. The number of anilines is 2. The van der Waals surface area contributed by atoms with Crippen molar-refractivity contribution in [2.24, 2.45) is 7.05 Å². The van der Waals surface area contributed by atoms with Crippen LogP contribution < -0.4 is 15.8 Å². The fourth-order valence-corrected chi connectivity index (χ4v) is 2.94. The topological polar surface area (TPSA) is 75.9 Å². The fourth-order valence-electron chi connectivity index (χ4n) is 2.94. The molecule has 8 heteroatoms. The highest BCUT2D eigenvalue weighted by Crippen LogP contribution is 2.20. The molecule has 2 aromatic rings. The molecular weight excluding hydrogens is 311 g/mol. The Bertz CT molecular complexity index is 777. The Labute approximate surface area is 139 Å². The van der Waals surface area contributed by atoms with Crippen LogP contribution in [0.5, 0.6) is 0 Å². The fraction of sp³-hybridized carbons (Fsp3) is 0.500. The van der Waals surface area contributed by atoms with Gasteiger partial charge in [-0.25, -0.2) is 19.3 Å². The van der Waals surface area contributed by atoms with Crippen LogP contribution in [0.4, 0.5) is 16.0 Å². The molecular formula is C16H21FN6O. The Morgan fingerprint density at radius 2 is 2.21 bits per heavy atom. The number of nitrogens with one attached hydrogen (secondary N) is 1. The average Bonchev–Trinajstić information content (AvgIpc) is 2.59. The normalized spacial score (nSPS) is 17.8. The van der Waals surface area contributed by atoms with Gasteiger partial charge < -0.3 is 14.8 Å². The summed E-state index contributed by atoms with van der Waals surface area (Å²) in [6.07, 6.45) is 6.92. The van der Waals surface area contributed by atoms with Crippen molar-refractivity contribution in [3.8, 4) is 0 Å². The van der Waals surface area contributed by atoms with Crippen molar-refractivity contribution in [3.63, 3.8) is 0 Å². The number of aryl methyl sites for hydroxylation is 2. The molecule has 1 aliphatic heterocycles. The zero-order chi connectivity index (χ0) is 17.1. The molecule has 1 fully saturated rings. The Morgan fingerprint density at radius 3 is 3.00 bits per heavy atom. The molecule has 0 aliphatic carbocycles. The Balaban J connectivity index is 1.77. The minimum absolute atomic E-state index is 0.000400. The van der Waals surface area contributed by atoms with E-state index in [1.807, 2.05) is 11.8 Å². The second kappa shape index (κ2) is 6.94. The van der Waals surface area contributed by atoms with Gasteiger partial charge in [-0.1, -0.05) is 6.92 Å². The summed E-state index contributed by atoms with van der Waals surface area (Å²) < 4.78 is 15.8. The van der Waals surface area contributed by atoms with E-state index in [0.717, 1.165) is 19.4 Å². The molecule has 2 aromatic heterocycles. The zero-order valence-corrected chi connectivity index (χ0v) is 13.9. The molecule has 1 N–H and O–H groups in total. The van der Waals surface area contributed by atoms with Gasteiger partial charge in [0.1, 0.15) is 6.33 Å². The van der Waals surface area contributed by atoms with Gasteiger partial charge in [-0.05, 0) is 19.3 Å². The van der Waals surface area contributed by atoms with Crippen LogP contribution in [0, 0.1) is 5.82 Å². The third-order valence-electron chi connectivity index (χ3n) is 4.26. The third kappa shape index (κ3) is 3.22. The Morgan fingerprint density at radius 1 is 1.38 bits per heavy atom. The Kier molecular flexibility index (Phi) is 4.73. The standard InChI is InChI=1S/C16H21FN6O/c1-3-12-13(17)14(20-10-19-12)21-11-5-4-7-23(9-11)15-16(24)22(2)8-6-18-15/h6,8,10-11H,3-5,7,9H2,1-2H3,(H,19,20,21). The van der Waals surface area contributed by atoms with Gasteiger partial charge in [0, 0.05) is 38.6 Å². The summed E-state index contributed by atoms with van der Waals surface area (Å²) in [5.41, 5.74) is 0.276. The van der Waals surface area contributed by atoms with E-state index in [1.165, 1.54) is 10.9 Å². The summed E-state index contributed by atoms with van der Waals surface area (Å²) in [5, 5.41) is 3.15. The van der Waals surface area contributed by atoms with E-state index < -0.39 is 5.82 Å². The quantitative estimate of drug-likeness (QED) is 0.911. The Hall–Kier alpha value is -2.51. The predicted octanol–water partition coefficient (Wildman–Crippen LogP) is 1.35. The summed E-state index contributed by atoms with van der Waals surface area (Å²) in [7, 11) is 1.70. The number of hydrogen-bond acceptors (Lipinski definition) is 6. The van der Waals surface area contributed by atoms with Gasteiger partial charge in [0.15, 0.2) is 17.5 Å². The molecule has 0 amide bonds. The van der Waals surface area contributed by atoms with Crippen molar-refractivity contribution >= 4 is 11.6 Å². The van der Waals surface area contributed by atoms with Crippen molar-refractivity contribution in [1.29, 1.82) is 0 Å². The minimum atomic E-state index is -0.397. The SMILES string of the molecule is CCc1ncnc(NC2CCCN(c3nccn(C)c3=O)C2)c1F. The molecule has 0 aromatic carbocycles. The van der Waals surface area contributed by atoms with E-state index in [9.17, 15) is 9.18 Å². The van der Waals surface area contributed by atoms with Gasteiger partial charge in [-0.15, -0.1) is 0 Å². The maximum atomic E-state index is 14.3. The molecule has 1 saturated heterocycles. The maximum absolute atomic E-state index is 14.3. The van der Waals surface area contributed by atoms with E-state index in [4.69, 9.17) is 0 Å². The largest absolute Gasteiger partial charge is 0.363 e. The van der Waals surface area contributed by atoms with Crippen LogP contribution in [-0.2, 0) is 13.5 Å². The second-order valence-corrected chi connectivity index (χ2v) is 5.93. The van der Waals surface area contributed by atoms with E-state index >= 15 is 0 Å². The van der Waals surface area contributed by atoms with Gasteiger partial charge in [-0.2, -0.15) is 0 Å². The van der Waals surface area contributed by atoms with Crippen LogP contribution in [0.25, 0.3) is 0 Å². The number of aromatic nitrogens is 4. The van der Waals surface area contributed by atoms with E-state index in [1.54, 1.807) is 19.4 Å². The van der Waals surface area contributed by atoms with E-state index in [-0.39, 0.29) is 17.4 Å². The van der Waals surface area contributed by atoms with Crippen molar-refractivity contribution in [2.45, 2.75) is 32.2 Å². The number of rotatable bonds is 4. The highest BCUT2D eigenvalue weighted by atomic mass is 19.1. The smallest absolute Gasteiger partial charge is 0.293 e.